The third-order valence-electron chi connectivity index (χ3n) is 2.25. The first-order valence-corrected chi connectivity index (χ1v) is 6.20. The summed E-state index contributed by atoms with van der Waals surface area (Å²) in [5.74, 6) is 0.832. The smallest absolute Gasteiger partial charge is 0.268 e. The van der Waals surface area contributed by atoms with Crippen LogP contribution in [0.15, 0.2) is 39.8 Å². The van der Waals surface area contributed by atoms with Crippen LogP contribution in [0, 0.1) is 0 Å². The molecule has 5 nitrogen and oxygen atoms in total. The summed E-state index contributed by atoms with van der Waals surface area (Å²) in [6.07, 6.45) is 1.54. The number of aromatic amines is 1. The molecule has 7 heteroatoms. The van der Waals surface area contributed by atoms with Gasteiger partial charge in [0, 0.05) is 17.8 Å². The molecule has 18 heavy (non-hydrogen) atoms. The zero-order chi connectivity index (χ0) is 12.5. The second-order valence-corrected chi connectivity index (χ2v) is 5.18. The monoisotopic (exact) mass is 279 g/mol. The molecule has 3 aromatic rings. The molecule has 0 aliphatic heterocycles. The van der Waals surface area contributed by atoms with E-state index < -0.39 is 0 Å². The third kappa shape index (κ3) is 2.07. The number of thiophene rings is 1. The standard InChI is InChI=1S/C11H6ClN3O2S/c12-8-3-2-7(18-8)11-14-10(15-17-11)6-1-4-9(16)13-5-6/h1-5H,(H,13,16). The largest absolute Gasteiger partial charge is 0.333 e. The fourth-order valence-electron chi connectivity index (χ4n) is 1.42. The molecule has 0 saturated carbocycles. The van der Waals surface area contributed by atoms with Gasteiger partial charge < -0.3 is 9.51 Å². The van der Waals surface area contributed by atoms with Gasteiger partial charge in [-0.1, -0.05) is 16.8 Å². The van der Waals surface area contributed by atoms with Gasteiger partial charge in [0.15, 0.2) is 0 Å². The fraction of sp³-hybridized carbons (Fsp3) is 0. The highest BCUT2D eigenvalue weighted by atomic mass is 35.5. The van der Waals surface area contributed by atoms with Crippen LogP contribution in [0.25, 0.3) is 22.2 Å². The summed E-state index contributed by atoms with van der Waals surface area (Å²) < 4.78 is 5.81. The lowest BCUT2D eigenvalue weighted by Crippen LogP contribution is -2.01. The van der Waals surface area contributed by atoms with Crippen LogP contribution in [0.5, 0.6) is 0 Å². The Morgan fingerprint density at radius 3 is 2.83 bits per heavy atom. The van der Waals surface area contributed by atoms with E-state index in [-0.39, 0.29) is 5.56 Å². The average Bonchev–Trinajstić information content (AvgIpc) is 2.98. The minimum absolute atomic E-state index is 0.174. The van der Waals surface area contributed by atoms with Crippen molar-refractivity contribution in [2.24, 2.45) is 0 Å². The molecule has 0 aliphatic rings. The number of nitrogens with one attached hydrogen (secondary N) is 1. The molecule has 3 rings (SSSR count). The Bertz CT molecular complexity index is 726. The van der Waals surface area contributed by atoms with E-state index in [4.69, 9.17) is 16.1 Å². The summed E-state index contributed by atoms with van der Waals surface area (Å²) in [6.45, 7) is 0. The number of rotatable bonds is 2. The van der Waals surface area contributed by atoms with Crippen LogP contribution in [0.4, 0.5) is 0 Å². The van der Waals surface area contributed by atoms with Crippen molar-refractivity contribution in [1.82, 2.24) is 15.1 Å². The van der Waals surface area contributed by atoms with Crippen LogP contribution in [-0.2, 0) is 0 Å². The van der Waals surface area contributed by atoms with Gasteiger partial charge in [-0.25, -0.2) is 0 Å². The number of aromatic nitrogens is 3. The summed E-state index contributed by atoms with van der Waals surface area (Å²) in [7, 11) is 0. The lowest BCUT2D eigenvalue weighted by Gasteiger charge is -1.90. The van der Waals surface area contributed by atoms with E-state index in [0.29, 0.717) is 21.6 Å². The molecular formula is C11H6ClN3O2S. The van der Waals surface area contributed by atoms with E-state index in [0.717, 1.165) is 4.88 Å². The van der Waals surface area contributed by atoms with Crippen LogP contribution in [0.1, 0.15) is 0 Å². The molecule has 0 amide bonds. The molecule has 0 saturated heterocycles. The minimum Gasteiger partial charge on any atom is -0.333 e. The van der Waals surface area contributed by atoms with Gasteiger partial charge in [-0.15, -0.1) is 11.3 Å². The van der Waals surface area contributed by atoms with Gasteiger partial charge in [0.1, 0.15) is 0 Å². The van der Waals surface area contributed by atoms with Crippen molar-refractivity contribution in [2.45, 2.75) is 0 Å². The first-order chi connectivity index (χ1) is 8.72. The molecular weight excluding hydrogens is 274 g/mol. The Hall–Kier alpha value is -1.92. The summed E-state index contributed by atoms with van der Waals surface area (Å²) >= 11 is 7.20. The van der Waals surface area contributed by atoms with Crippen molar-refractivity contribution in [3.05, 3.63) is 45.2 Å². The van der Waals surface area contributed by atoms with Gasteiger partial charge in [0.2, 0.25) is 11.4 Å². The minimum atomic E-state index is -0.174. The summed E-state index contributed by atoms with van der Waals surface area (Å²) in [6, 6.07) is 6.63. The number of halogens is 1. The molecule has 1 N–H and O–H groups in total. The van der Waals surface area contributed by atoms with Crippen molar-refractivity contribution in [2.75, 3.05) is 0 Å². The van der Waals surface area contributed by atoms with Crippen LogP contribution in [0.3, 0.4) is 0 Å². The Kier molecular flexibility index (Phi) is 2.73. The maximum Gasteiger partial charge on any atom is 0.268 e. The molecule has 0 unspecified atom stereocenters. The molecule has 0 atom stereocenters. The highest BCUT2D eigenvalue weighted by Crippen LogP contribution is 2.30. The second-order valence-electron chi connectivity index (χ2n) is 3.47. The van der Waals surface area contributed by atoms with Crippen molar-refractivity contribution < 1.29 is 4.52 Å². The molecule has 0 radical (unpaired) electrons. The van der Waals surface area contributed by atoms with Gasteiger partial charge in [0.25, 0.3) is 5.89 Å². The van der Waals surface area contributed by atoms with Crippen molar-refractivity contribution in [3.63, 3.8) is 0 Å². The van der Waals surface area contributed by atoms with Crippen LogP contribution >= 0.6 is 22.9 Å². The number of nitrogens with zero attached hydrogens (tertiary/aromatic N) is 2. The molecule has 0 spiro atoms. The molecule has 0 aliphatic carbocycles. The first kappa shape index (κ1) is 11.2. The Morgan fingerprint density at radius 1 is 1.28 bits per heavy atom. The molecule has 0 aromatic carbocycles. The zero-order valence-electron chi connectivity index (χ0n) is 8.88. The van der Waals surface area contributed by atoms with E-state index >= 15 is 0 Å². The van der Waals surface area contributed by atoms with Gasteiger partial charge in [0.05, 0.1) is 9.21 Å². The highest BCUT2D eigenvalue weighted by Gasteiger charge is 2.12. The predicted octanol–water partition coefficient (Wildman–Crippen LogP) is 2.81. The van der Waals surface area contributed by atoms with E-state index in [1.807, 2.05) is 6.07 Å². The average molecular weight is 280 g/mol. The topological polar surface area (TPSA) is 71.8 Å². The van der Waals surface area contributed by atoms with Crippen LogP contribution in [-0.4, -0.2) is 15.1 Å². The molecule has 0 fully saturated rings. The van der Waals surface area contributed by atoms with E-state index in [2.05, 4.69) is 15.1 Å². The summed E-state index contributed by atoms with van der Waals surface area (Å²) in [5.41, 5.74) is 0.514. The lowest BCUT2D eigenvalue weighted by atomic mass is 10.3. The van der Waals surface area contributed by atoms with Gasteiger partial charge in [-0.3, -0.25) is 4.79 Å². The van der Waals surface area contributed by atoms with Crippen LogP contribution in [0.2, 0.25) is 4.34 Å². The molecule has 0 bridgehead atoms. The molecule has 90 valence electrons. The maximum atomic E-state index is 10.9. The van der Waals surface area contributed by atoms with Crippen molar-refractivity contribution in [3.8, 4) is 22.2 Å². The highest BCUT2D eigenvalue weighted by molar-refractivity contribution is 7.19. The SMILES string of the molecule is O=c1ccc(-c2noc(-c3ccc(Cl)s3)n2)c[nH]1. The summed E-state index contributed by atoms with van der Waals surface area (Å²) in [5, 5.41) is 3.86. The zero-order valence-corrected chi connectivity index (χ0v) is 10.5. The lowest BCUT2D eigenvalue weighted by molar-refractivity contribution is 0.433. The first-order valence-electron chi connectivity index (χ1n) is 5.01. The van der Waals surface area contributed by atoms with E-state index in [1.54, 1.807) is 18.3 Å². The predicted molar refractivity (Wildman–Crippen MR) is 68.7 cm³/mol. The number of H-pyrrole nitrogens is 1. The third-order valence-corrected chi connectivity index (χ3v) is 3.47. The van der Waals surface area contributed by atoms with Crippen molar-refractivity contribution >= 4 is 22.9 Å². The normalized spacial score (nSPS) is 10.7. The fourth-order valence-corrected chi connectivity index (χ4v) is 2.38. The molecule has 3 aromatic heterocycles. The Balaban J connectivity index is 1.98. The summed E-state index contributed by atoms with van der Waals surface area (Å²) in [4.78, 5) is 18.6. The quantitative estimate of drug-likeness (QED) is 0.783. The van der Waals surface area contributed by atoms with E-state index in [1.165, 1.54) is 17.4 Å². The second kappa shape index (κ2) is 4.40. The van der Waals surface area contributed by atoms with Gasteiger partial charge in [-0.05, 0) is 18.2 Å². The van der Waals surface area contributed by atoms with E-state index in [9.17, 15) is 4.79 Å². The van der Waals surface area contributed by atoms with Gasteiger partial charge in [-0.2, -0.15) is 4.98 Å². The number of hydrogen-bond acceptors (Lipinski definition) is 5. The number of hydrogen-bond donors (Lipinski definition) is 1. The Morgan fingerprint density at radius 2 is 2.17 bits per heavy atom. The van der Waals surface area contributed by atoms with Gasteiger partial charge >= 0.3 is 0 Å². The Labute approximate surface area is 110 Å². The van der Waals surface area contributed by atoms with Crippen molar-refractivity contribution in [1.29, 1.82) is 0 Å². The molecule has 3 heterocycles. The van der Waals surface area contributed by atoms with Crippen LogP contribution < -0.4 is 5.56 Å². The maximum absolute atomic E-state index is 10.9. The number of pyridine rings is 1.